The highest BCUT2D eigenvalue weighted by Crippen LogP contribution is 2.43. The molecule has 0 aromatic carbocycles. The molecule has 0 aromatic rings. The number of rotatable bonds is 35. The molecule has 324 valence electrons. The van der Waals surface area contributed by atoms with E-state index in [1.807, 2.05) is 6.08 Å². The molecule has 1 aliphatic carbocycles. The molecule has 12 nitrogen and oxygen atoms in total. The summed E-state index contributed by atoms with van der Waals surface area (Å²) in [5.41, 5.74) is 5.34. The van der Waals surface area contributed by atoms with E-state index in [2.05, 4.69) is 50.3 Å². The zero-order valence-corrected chi connectivity index (χ0v) is 35.3. The summed E-state index contributed by atoms with van der Waals surface area (Å²) in [6, 6.07) is 0. The average molecular weight is 814 g/mol. The Balaban J connectivity index is 2.40. The zero-order valence-electron chi connectivity index (χ0n) is 34.4. The smallest absolute Gasteiger partial charge is 0.462 e. The minimum absolute atomic E-state index is 0.0173. The van der Waals surface area contributed by atoms with Crippen LogP contribution in [-0.4, -0.2) is 82.9 Å². The maximum atomic E-state index is 12.6. The molecular weight excluding hydrogens is 737 g/mol. The highest BCUT2D eigenvalue weighted by Gasteiger charge is 2.39. The summed E-state index contributed by atoms with van der Waals surface area (Å²) in [5.74, 6) is -1.27. The lowest BCUT2D eigenvalue weighted by Crippen LogP contribution is -2.29. The van der Waals surface area contributed by atoms with Gasteiger partial charge < -0.3 is 35.4 Å². The highest BCUT2D eigenvalue weighted by molar-refractivity contribution is 7.47. The van der Waals surface area contributed by atoms with E-state index in [1.54, 1.807) is 6.08 Å². The predicted molar refractivity (Wildman–Crippen MR) is 221 cm³/mol. The van der Waals surface area contributed by atoms with E-state index in [1.165, 1.54) is 0 Å². The van der Waals surface area contributed by atoms with Crippen LogP contribution in [0.1, 0.15) is 149 Å². The van der Waals surface area contributed by atoms with E-state index >= 15 is 0 Å². The van der Waals surface area contributed by atoms with Crippen molar-refractivity contribution in [3.05, 3.63) is 48.6 Å². The van der Waals surface area contributed by atoms with Crippen LogP contribution in [0.2, 0.25) is 0 Å². The van der Waals surface area contributed by atoms with Crippen LogP contribution in [0.3, 0.4) is 0 Å². The number of hydrogen-bond acceptors (Lipinski definition) is 11. The van der Waals surface area contributed by atoms with Gasteiger partial charge in [0.1, 0.15) is 6.61 Å². The lowest BCUT2D eigenvalue weighted by Gasteiger charge is -2.21. The van der Waals surface area contributed by atoms with E-state index in [0.29, 0.717) is 25.7 Å². The standard InChI is InChI=1S/C43H76NO11P/c1-3-5-7-8-9-10-11-12-13-14-15-16-17-18-24-28-43(49)55-37(35-54-56(50,51)53-32-31-44)34-52-42(48)27-23-20-19-22-26-38-39(41(47)33-40(38)46)30-29-36(45)25-21-6-4-2/h5,7,9-10,12-13,29-30,36-41,45-47H,3-4,6,8,11,14-28,31-35,44H2,1-2H3,(H,50,51)/b7-5-,10-9-,13-12-,30-29+/t36-,37+,38+,39+,40-,41+/m0/s1. The Morgan fingerprint density at radius 1 is 0.786 bits per heavy atom. The fourth-order valence-electron chi connectivity index (χ4n) is 6.63. The number of ether oxygens (including phenoxy) is 2. The molecule has 1 aliphatic rings. The van der Waals surface area contributed by atoms with Crippen LogP contribution in [0, 0.1) is 11.8 Å². The molecule has 13 heteroatoms. The fourth-order valence-corrected chi connectivity index (χ4v) is 7.39. The lowest BCUT2D eigenvalue weighted by atomic mass is 9.88. The number of hydrogen-bond donors (Lipinski definition) is 5. The second kappa shape index (κ2) is 33.8. The number of carbonyl (C=O) groups is 2. The van der Waals surface area contributed by atoms with Crippen molar-refractivity contribution in [2.24, 2.45) is 17.6 Å². The quantitative estimate of drug-likeness (QED) is 0.0178. The number of aliphatic hydroxyl groups is 3. The van der Waals surface area contributed by atoms with Crippen molar-refractivity contribution in [1.29, 1.82) is 0 Å². The molecule has 1 fully saturated rings. The number of phosphoric acid groups is 1. The molecule has 0 bridgehead atoms. The summed E-state index contributed by atoms with van der Waals surface area (Å²) >= 11 is 0. The van der Waals surface area contributed by atoms with Gasteiger partial charge in [-0.1, -0.05) is 120 Å². The van der Waals surface area contributed by atoms with Crippen LogP contribution in [0.25, 0.3) is 0 Å². The second-order valence-corrected chi connectivity index (χ2v) is 16.2. The van der Waals surface area contributed by atoms with Gasteiger partial charge in [-0.3, -0.25) is 18.6 Å². The molecule has 1 saturated carbocycles. The maximum absolute atomic E-state index is 12.6. The molecule has 0 amide bonds. The summed E-state index contributed by atoms with van der Waals surface area (Å²) in [5, 5.41) is 31.3. The van der Waals surface area contributed by atoms with Crippen LogP contribution in [0.4, 0.5) is 0 Å². The average Bonchev–Trinajstić information content (AvgIpc) is 3.44. The molecule has 0 aromatic heterocycles. The third kappa shape index (κ3) is 27.5. The summed E-state index contributed by atoms with van der Waals surface area (Å²) in [7, 11) is -4.44. The number of unbranched alkanes of at least 4 members (excludes halogenated alkanes) is 10. The van der Waals surface area contributed by atoms with Crippen LogP contribution >= 0.6 is 7.82 Å². The Hall–Kier alpha value is -2.15. The van der Waals surface area contributed by atoms with Gasteiger partial charge in [-0.25, -0.2) is 4.57 Å². The van der Waals surface area contributed by atoms with Crippen molar-refractivity contribution in [3.63, 3.8) is 0 Å². The molecule has 7 atom stereocenters. The number of esters is 2. The van der Waals surface area contributed by atoms with Gasteiger partial charge in [0.25, 0.3) is 0 Å². The largest absolute Gasteiger partial charge is 0.472 e. The van der Waals surface area contributed by atoms with Crippen molar-refractivity contribution in [1.82, 2.24) is 0 Å². The summed E-state index contributed by atoms with van der Waals surface area (Å²) < 4.78 is 32.7. The molecule has 0 radical (unpaired) electrons. The predicted octanol–water partition coefficient (Wildman–Crippen LogP) is 8.32. The molecule has 1 unspecified atom stereocenters. The first kappa shape index (κ1) is 51.9. The van der Waals surface area contributed by atoms with Gasteiger partial charge in [-0.05, 0) is 63.7 Å². The molecule has 0 aliphatic heterocycles. The molecule has 0 saturated heterocycles. The van der Waals surface area contributed by atoms with Crippen molar-refractivity contribution in [3.8, 4) is 0 Å². The van der Waals surface area contributed by atoms with E-state index in [9.17, 15) is 34.4 Å². The first-order chi connectivity index (χ1) is 27.0. The van der Waals surface area contributed by atoms with Crippen molar-refractivity contribution >= 4 is 19.8 Å². The first-order valence-electron chi connectivity index (χ1n) is 21.4. The van der Waals surface area contributed by atoms with Gasteiger partial charge in [0, 0.05) is 31.7 Å². The lowest BCUT2D eigenvalue weighted by molar-refractivity contribution is -0.161. The maximum Gasteiger partial charge on any atom is 0.472 e. The van der Waals surface area contributed by atoms with E-state index < -0.39 is 50.8 Å². The Morgan fingerprint density at radius 2 is 1.43 bits per heavy atom. The van der Waals surface area contributed by atoms with E-state index in [4.69, 9.17) is 24.3 Å². The van der Waals surface area contributed by atoms with Crippen LogP contribution in [0.5, 0.6) is 0 Å². The van der Waals surface area contributed by atoms with Gasteiger partial charge in [0.15, 0.2) is 6.10 Å². The molecule has 6 N–H and O–H groups in total. The molecule has 0 heterocycles. The Labute approximate surface area is 337 Å². The normalized spacial score (nSPS) is 21.1. The highest BCUT2D eigenvalue weighted by atomic mass is 31.2. The molecular formula is C43H76NO11P. The van der Waals surface area contributed by atoms with E-state index in [-0.39, 0.29) is 44.4 Å². The Morgan fingerprint density at radius 3 is 2.12 bits per heavy atom. The Kier molecular flexibility index (Phi) is 31.3. The minimum Gasteiger partial charge on any atom is -0.462 e. The third-order valence-corrected chi connectivity index (χ3v) is 10.8. The zero-order chi connectivity index (χ0) is 41.3. The number of nitrogens with two attached hydrogens (primary N) is 1. The summed E-state index contributed by atoms with van der Waals surface area (Å²) in [6.45, 7) is 3.24. The van der Waals surface area contributed by atoms with Gasteiger partial charge in [0.2, 0.25) is 0 Å². The number of allylic oxidation sites excluding steroid dienone is 6. The summed E-state index contributed by atoms with van der Waals surface area (Å²) in [4.78, 5) is 35.0. The Bertz CT molecular complexity index is 1180. The van der Waals surface area contributed by atoms with Crippen LogP contribution in [0.15, 0.2) is 48.6 Å². The topological polar surface area (TPSA) is 195 Å². The van der Waals surface area contributed by atoms with Gasteiger partial charge >= 0.3 is 19.8 Å². The van der Waals surface area contributed by atoms with Gasteiger partial charge in [-0.2, -0.15) is 0 Å². The van der Waals surface area contributed by atoms with Crippen molar-refractivity contribution in [2.75, 3.05) is 26.4 Å². The summed E-state index contributed by atoms with van der Waals surface area (Å²) in [6.07, 6.45) is 30.7. The SMILES string of the molecule is CC/C=C\C/C=C\C/C=C\CCCCCCCC(=O)O[C@H](COC(=O)CCCCCC[C@@H]1[C@@H](/C=C/[C@@H](O)CCCCC)[C@H](O)C[C@@H]1O)COP(=O)(O)OCCN. The van der Waals surface area contributed by atoms with Crippen molar-refractivity contribution < 1.29 is 52.9 Å². The molecule has 0 spiro atoms. The fraction of sp³-hybridized carbons (Fsp3) is 0.767. The third-order valence-electron chi connectivity index (χ3n) is 9.80. The van der Waals surface area contributed by atoms with Crippen LogP contribution < -0.4 is 5.73 Å². The molecule has 1 rings (SSSR count). The molecule has 56 heavy (non-hydrogen) atoms. The number of carbonyl (C=O) groups excluding carboxylic acids is 2. The number of aliphatic hydroxyl groups excluding tert-OH is 3. The monoisotopic (exact) mass is 814 g/mol. The van der Waals surface area contributed by atoms with Gasteiger partial charge in [-0.15, -0.1) is 0 Å². The second-order valence-electron chi connectivity index (χ2n) is 14.8. The van der Waals surface area contributed by atoms with E-state index in [0.717, 1.165) is 96.3 Å². The first-order valence-corrected chi connectivity index (χ1v) is 22.9. The number of phosphoric ester groups is 1. The van der Waals surface area contributed by atoms with Crippen LogP contribution in [-0.2, 0) is 32.7 Å². The minimum atomic E-state index is -4.44. The van der Waals surface area contributed by atoms with Gasteiger partial charge in [0.05, 0.1) is 31.5 Å². The van der Waals surface area contributed by atoms with Crippen molar-refractivity contribution in [2.45, 2.75) is 173 Å².